The SMILES string of the molecule is CC(C)CC(NC(=O)C1CCC(=O)N1C)C(=O)O. The topological polar surface area (TPSA) is 86.7 Å². The summed E-state index contributed by atoms with van der Waals surface area (Å²) in [6.07, 6.45) is 1.18. The molecule has 1 heterocycles. The molecule has 0 bridgehead atoms. The standard InChI is InChI=1S/C12H20N2O4/c1-7(2)6-8(12(17)18)13-11(16)9-4-5-10(15)14(9)3/h7-9H,4-6H2,1-3H3,(H,13,16)(H,17,18). The van der Waals surface area contributed by atoms with Crippen LogP contribution in [0.3, 0.4) is 0 Å². The van der Waals surface area contributed by atoms with Gasteiger partial charge < -0.3 is 15.3 Å². The van der Waals surface area contributed by atoms with Gasteiger partial charge in [-0.25, -0.2) is 4.79 Å². The predicted molar refractivity (Wildman–Crippen MR) is 64.8 cm³/mol. The van der Waals surface area contributed by atoms with Crippen molar-refractivity contribution < 1.29 is 19.5 Å². The fraction of sp³-hybridized carbons (Fsp3) is 0.750. The minimum Gasteiger partial charge on any atom is -0.480 e. The first-order chi connectivity index (χ1) is 8.32. The lowest BCUT2D eigenvalue weighted by Gasteiger charge is -2.22. The van der Waals surface area contributed by atoms with Crippen molar-refractivity contribution in [2.45, 2.75) is 45.2 Å². The number of rotatable bonds is 5. The van der Waals surface area contributed by atoms with Gasteiger partial charge in [-0.05, 0) is 18.8 Å². The molecule has 0 aliphatic carbocycles. The van der Waals surface area contributed by atoms with E-state index in [4.69, 9.17) is 5.11 Å². The Morgan fingerprint density at radius 1 is 1.50 bits per heavy atom. The van der Waals surface area contributed by atoms with Gasteiger partial charge in [-0.1, -0.05) is 13.8 Å². The van der Waals surface area contributed by atoms with Crippen LogP contribution in [0.1, 0.15) is 33.1 Å². The molecule has 1 fully saturated rings. The van der Waals surface area contributed by atoms with Crippen LogP contribution in [-0.4, -0.2) is 46.9 Å². The molecule has 1 rings (SSSR count). The maximum Gasteiger partial charge on any atom is 0.326 e. The number of aliphatic carboxylic acids is 1. The molecule has 2 N–H and O–H groups in total. The molecule has 2 unspecified atom stereocenters. The van der Waals surface area contributed by atoms with Crippen molar-refractivity contribution in [2.75, 3.05) is 7.05 Å². The van der Waals surface area contributed by atoms with Crippen LogP contribution in [-0.2, 0) is 14.4 Å². The molecule has 0 aromatic carbocycles. The summed E-state index contributed by atoms with van der Waals surface area (Å²) < 4.78 is 0. The smallest absolute Gasteiger partial charge is 0.326 e. The van der Waals surface area contributed by atoms with Crippen LogP contribution < -0.4 is 5.32 Å². The van der Waals surface area contributed by atoms with Crippen LogP contribution in [0.25, 0.3) is 0 Å². The van der Waals surface area contributed by atoms with E-state index in [0.29, 0.717) is 19.3 Å². The molecule has 18 heavy (non-hydrogen) atoms. The highest BCUT2D eigenvalue weighted by Crippen LogP contribution is 2.17. The van der Waals surface area contributed by atoms with Gasteiger partial charge in [0.25, 0.3) is 0 Å². The lowest BCUT2D eigenvalue weighted by Crippen LogP contribution is -2.49. The van der Waals surface area contributed by atoms with Crippen LogP contribution in [0.2, 0.25) is 0 Å². The number of carboxylic acids is 1. The van der Waals surface area contributed by atoms with E-state index < -0.39 is 18.1 Å². The summed E-state index contributed by atoms with van der Waals surface area (Å²) in [6, 6.07) is -1.42. The number of nitrogens with one attached hydrogen (secondary N) is 1. The Bertz CT molecular complexity index is 354. The number of hydrogen-bond donors (Lipinski definition) is 2. The molecule has 6 nitrogen and oxygen atoms in total. The maximum absolute atomic E-state index is 11.9. The summed E-state index contributed by atoms with van der Waals surface area (Å²) in [5, 5.41) is 11.5. The largest absolute Gasteiger partial charge is 0.480 e. The van der Waals surface area contributed by atoms with Gasteiger partial charge in [0, 0.05) is 13.5 Å². The van der Waals surface area contributed by atoms with Crippen LogP contribution in [0.15, 0.2) is 0 Å². The summed E-state index contributed by atoms with van der Waals surface area (Å²) in [7, 11) is 1.57. The van der Waals surface area contributed by atoms with E-state index in [1.54, 1.807) is 7.05 Å². The number of amides is 2. The zero-order chi connectivity index (χ0) is 13.9. The number of carboxylic acid groups (broad SMARTS) is 1. The Hall–Kier alpha value is -1.59. The van der Waals surface area contributed by atoms with Gasteiger partial charge in [0.2, 0.25) is 11.8 Å². The highest BCUT2D eigenvalue weighted by molar-refractivity contribution is 5.92. The molecular formula is C12H20N2O4. The number of likely N-dealkylation sites (tertiary alicyclic amines) is 1. The summed E-state index contributed by atoms with van der Waals surface area (Å²) in [5.41, 5.74) is 0. The number of likely N-dealkylation sites (N-methyl/N-ethyl adjacent to an activating group) is 1. The summed E-state index contributed by atoms with van der Waals surface area (Å²) >= 11 is 0. The fourth-order valence-corrected chi connectivity index (χ4v) is 2.07. The Morgan fingerprint density at radius 2 is 2.11 bits per heavy atom. The minimum atomic E-state index is -1.04. The lowest BCUT2D eigenvalue weighted by atomic mass is 10.0. The van der Waals surface area contributed by atoms with E-state index in [0.717, 1.165) is 0 Å². The molecule has 1 aliphatic rings. The van der Waals surface area contributed by atoms with Crippen LogP contribution in [0.4, 0.5) is 0 Å². The van der Waals surface area contributed by atoms with Crippen molar-refractivity contribution in [2.24, 2.45) is 5.92 Å². The highest BCUT2D eigenvalue weighted by atomic mass is 16.4. The molecular weight excluding hydrogens is 236 g/mol. The molecule has 0 aromatic heterocycles. The van der Waals surface area contributed by atoms with Crippen LogP contribution in [0, 0.1) is 5.92 Å². The predicted octanol–water partition coefficient (Wildman–Crippen LogP) is 0.223. The first-order valence-electron chi connectivity index (χ1n) is 6.11. The van der Waals surface area contributed by atoms with E-state index >= 15 is 0 Å². The van der Waals surface area contributed by atoms with Gasteiger partial charge in [0.1, 0.15) is 12.1 Å². The van der Waals surface area contributed by atoms with E-state index in [2.05, 4.69) is 5.32 Å². The number of carbonyl (C=O) groups is 3. The summed E-state index contributed by atoms with van der Waals surface area (Å²) in [4.78, 5) is 35.7. The maximum atomic E-state index is 11.9. The number of hydrogen-bond acceptors (Lipinski definition) is 3. The van der Waals surface area contributed by atoms with Gasteiger partial charge in [-0.15, -0.1) is 0 Å². The van der Waals surface area contributed by atoms with Crippen molar-refractivity contribution in [3.8, 4) is 0 Å². The molecule has 6 heteroatoms. The van der Waals surface area contributed by atoms with E-state index in [1.165, 1.54) is 4.90 Å². The van der Waals surface area contributed by atoms with Gasteiger partial charge in [0.15, 0.2) is 0 Å². The first kappa shape index (κ1) is 14.5. The van der Waals surface area contributed by atoms with Crippen molar-refractivity contribution in [3.63, 3.8) is 0 Å². The minimum absolute atomic E-state index is 0.0779. The lowest BCUT2D eigenvalue weighted by molar-refractivity contribution is -0.143. The van der Waals surface area contributed by atoms with E-state index in [9.17, 15) is 14.4 Å². The second kappa shape index (κ2) is 5.84. The molecule has 0 aromatic rings. The van der Waals surface area contributed by atoms with E-state index in [1.807, 2.05) is 13.8 Å². The normalized spacial score (nSPS) is 21.2. The molecule has 2 atom stereocenters. The number of carbonyl (C=O) groups excluding carboxylic acids is 2. The average Bonchev–Trinajstić information content (AvgIpc) is 2.58. The molecule has 0 radical (unpaired) electrons. The third kappa shape index (κ3) is 3.45. The average molecular weight is 256 g/mol. The fourth-order valence-electron chi connectivity index (χ4n) is 2.07. The first-order valence-corrected chi connectivity index (χ1v) is 6.11. The zero-order valence-electron chi connectivity index (χ0n) is 11.0. The third-order valence-corrected chi connectivity index (χ3v) is 3.12. The molecule has 2 amide bonds. The summed E-state index contributed by atoms with van der Waals surface area (Å²) in [5.74, 6) is -1.32. The molecule has 0 saturated carbocycles. The molecule has 0 spiro atoms. The third-order valence-electron chi connectivity index (χ3n) is 3.12. The van der Waals surface area contributed by atoms with Crippen molar-refractivity contribution >= 4 is 17.8 Å². The Kier molecular flexibility index (Phi) is 4.69. The zero-order valence-corrected chi connectivity index (χ0v) is 11.0. The highest BCUT2D eigenvalue weighted by Gasteiger charge is 2.35. The second-order valence-electron chi connectivity index (χ2n) is 5.09. The Labute approximate surface area is 106 Å². The van der Waals surface area contributed by atoms with Crippen LogP contribution in [0.5, 0.6) is 0 Å². The van der Waals surface area contributed by atoms with Crippen LogP contribution >= 0.6 is 0 Å². The molecule has 1 aliphatic heterocycles. The molecule has 1 saturated heterocycles. The second-order valence-corrected chi connectivity index (χ2v) is 5.09. The Balaban J connectivity index is 2.61. The van der Waals surface area contributed by atoms with Crippen molar-refractivity contribution in [1.29, 1.82) is 0 Å². The van der Waals surface area contributed by atoms with E-state index in [-0.39, 0.29) is 17.7 Å². The quantitative estimate of drug-likeness (QED) is 0.737. The van der Waals surface area contributed by atoms with Crippen molar-refractivity contribution in [1.82, 2.24) is 10.2 Å². The van der Waals surface area contributed by atoms with Gasteiger partial charge in [-0.3, -0.25) is 9.59 Å². The van der Waals surface area contributed by atoms with Gasteiger partial charge >= 0.3 is 5.97 Å². The van der Waals surface area contributed by atoms with Crippen molar-refractivity contribution in [3.05, 3.63) is 0 Å². The monoisotopic (exact) mass is 256 g/mol. The van der Waals surface area contributed by atoms with Gasteiger partial charge in [-0.2, -0.15) is 0 Å². The Morgan fingerprint density at radius 3 is 2.50 bits per heavy atom. The number of nitrogens with zero attached hydrogens (tertiary/aromatic N) is 1. The molecule has 102 valence electrons. The summed E-state index contributed by atoms with van der Waals surface area (Å²) in [6.45, 7) is 3.79. The van der Waals surface area contributed by atoms with Gasteiger partial charge in [0.05, 0.1) is 0 Å².